The van der Waals surface area contributed by atoms with Crippen molar-refractivity contribution in [1.82, 2.24) is 5.32 Å². The van der Waals surface area contributed by atoms with Crippen molar-refractivity contribution in [3.63, 3.8) is 0 Å². The van der Waals surface area contributed by atoms with E-state index in [2.05, 4.69) is 43.1 Å². The molecule has 0 radical (unpaired) electrons. The van der Waals surface area contributed by atoms with E-state index >= 15 is 0 Å². The number of esters is 1. The van der Waals surface area contributed by atoms with Crippen molar-refractivity contribution in [3.8, 4) is 0 Å². The summed E-state index contributed by atoms with van der Waals surface area (Å²) < 4.78 is 53.0. The molecule has 0 spiro atoms. The molecule has 2 aromatic rings. The second-order valence-electron chi connectivity index (χ2n) is 10.1. The van der Waals surface area contributed by atoms with Gasteiger partial charge in [0.2, 0.25) is 5.91 Å². The lowest BCUT2D eigenvalue weighted by Crippen LogP contribution is -2.53. The highest BCUT2D eigenvalue weighted by Gasteiger charge is 2.64. The zero-order valence-electron chi connectivity index (χ0n) is 24.4. The Morgan fingerprint density at radius 3 is 2.34 bits per heavy atom. The third-order valence-electron chi connectivity index (χ3n) is 6.72. The van der Waals surface area contributed by atoms with Gasteiger partial charge >= 0.3 is 12.1 Å². The topological polar surface area (TPSA) is 64.6 Å². The summed E-state index contributed by atoms with van der Waals surface area (Å²) in [5, 5.41) is 2.54. The van der Waals surface area contributed by atoms with E-state index in [1.54, 1.807) is 6.07 Å². The van der Waals surface area contributed by atoms with E-state index < -0.39 is 23.9 Å². The number of hydrogen-bond acceptors (Lipinski definition) is 4. The summed E-state index contributed by atoms with van der Waals surface area (Å²) in [6.07, 6.45) is 2.07. The van der Waals surface area contributed by atoms with Gasteiger partial charge in [0.25, 0.3) is 5.60 Å². The Morgan fingerprint density at radius 1 is 1.07 bits per heavy atom. The van der Waals surface area contributed by atoms with Crippen molar-refractivity contribution in [2.24, 2.45) is 0 Å². The fourth-order valence-corrected chi connectivity index (χ4v) is 4.67. The maximum Gasteiger partial charge on any atom is 0.432 e. The van der Waals surface area contributed by atoms with Gasteiger partial charge < -0.3 is 14.8 Å². The van der Waals surface area contributed by atoms with Crippen molar-refractivity contribution in [1.29, 1.82) is 0 Å². The second kappa shape index (κ2) is 15.4. The molecule has 1 amide bonds. The molecule has 0 aliphatic carbocycles. The van der Waals surface area contributed by atoms with Crippen molar-refractivity contribution in [3.05, 3.63) is 101 Å². The van der Waals surface area contributed by atoms with Crippen LogP contribution in [0.4, 0.5) is 13.2 Å². The van der Waals surface area contributed by atoms with E-state index in [4.69, 9.17) is 9.47 Å². The van der Waals surface area contributed by atoms with E-state index in [1.165, 1.54) is 42.3 Å². The van der Waals surface area contributed by atoms with Crippen LogP contribution in [0.15, 0.2) is 78.9 Å². The largest absolute Gasteiger partial charge is 0.458 e. The van der Waals surface area contributed by atoms with Gasteiger partial charge in [0.15, 0.2) is 0 Å². The molecule has 2 rings (SSSR count). The maximum absolute atomic E-state index is 14.3. The van der Waals surface area contributed by atoms with Crippen molar-refractivity contribution >= 4 is 17.4 Å². The molecule has 41 heavy (non-hydrogen) atoms. The number of allylic oxidation sites excluding steroid dienone is 5. The second-order valence-corrected chi connectivity index (χ2v) is 10.1. The molecule has 0 aliphatic heterocycles. The first-order chi connectivity index (χ1) is 19.3. The maximum atomic E-state index is 14.3. The van der Waals surface area contributed by atoms with Crippen molar-refractivity contribution in [2.75, 3.05) is 13.7 Å². The Morgan fingerprint density at radius 2 is 1.76 bits per heavy atom. The molecule has 0 unspecified atom stereocenters. The average Bonchev–Trinajstić information content (AvgIpc) is 2.90. The van der Waals surface area contributed by atoms with Gasteiger partial charge in [0, 0.05) is 19.6 Å². The monoisotopic (exact) mass is 571 g/mol. The Bertz CT molecular complexity index is 1250. The quantitative estimate of drug-likeness (QED) is 0.111. The van der Waals surface area contributed by atoms with Crippen LogP contribution in [0.2, 0.25) is 0 Å². The summed E-state index contributed by atoms with van der Waals surface area (Å²) in [6.45, 7) is 11.1. The van der Waals surface area contributed by atoms with Crippen LogP contribution in [0.25, 0.3) is 5.57 Å². The van der Waals surface area contributed by atoms with Gasteiger partial charge in [-0.2, -0.15) is 13.2 Å². The summed E-state index contributed by atoms with van der Waals surface area (Å²) in [6, 6.07) is 13.0. The molecule has 8 heteroatoms. The predicted molar refractivity (Wildman–Crippen MR) is 156 cm³/mol. The van der Waals surface area contributed by atoms with Gasteiger partial charge in [-0.1, -0.05) is 77.9 Å². The highest BCUT2D eigenvalue weighted by atomic mass is 19.4. The zero-order valence-corrected chi connectivity index (χ0v) is 24.4. The Labute approximate surface area is 241 Å². The fraction of sp³-hybridized carbons (Fsp3) is 0.394. The summed E-state index contributed by atoms with van der Waals surface area (Å²) >= 11 is 0. The molecule has 1 N–H and O–H groups in total. The number of methoxy groups -OCH3 is 1. The number of unbranched alkanes of at least 4 members (excludes halogenated alkanes) is 1. The Balaban J connectivity index is 2.16. The number of aryl methyl sites for hydroxylation is 1. The fourth-order valence-electron chi connectivity index (χ4n) is 4.67. The number of carbonyl (C=O) groups excluding carboxylic acids is 2. The number of ether oxygens (including phenoxy) is 2. The Hall–Kier alpha value is -3.65. The number of carbonyl (C=O) groups is 2. The number of amides is 1. The lowest BCUT2D eigenvalue weighted by Gasteiger charge is -2.33. The first-order valence-corrected chi connectivity index (χ1v) is 13.5. The van der Waals surface area contributed by atoms with Crippen LogP contribution in [0, 0.1) is 6.92 Å². The SMILES string of the molecule is C=CCc1cc(C)ccc1/C(C)=C\C(C)=C\CCC[C@@H](CNC(C)=O)OC(=O)[C@@](OC)(c1ccccc1)C(F)(F)F. The minimum atomic E-state index is -5.08. The van der Waals surface area contributed by atoms with E-state index in [-0.39, 0.29) is 24.4 Å². The molecule has 5 nitrogen and oxygen atoms in total. The smallest absolute Gasteiger partial charge is 0.432 e. The molecule has 0 aromatic heterocycles. The zero-order chi connectivity index (χ0) is 30.6. The van der Waals surface area contributed by atoms with Gasteiger partial charge in [-0.05, 0) is 63.2 Å². The average molecular weight is 572 g/mol. The van der Waals surface area contributed by atoms with Crippen LogP contribution in [-0.4, -0.2) is 37.8 Å². The highest BCUT2D eigenvalue weighted by molar-refractivity contribution is 5.83. The van der Waals surface area contributed by atoms with Crippen LogP contribution in [-0.2, 0) is 31.1 Å². The molecular formula is C33H40F3NO4. The van der Waals surface area contributed by atoms with Crippen LogP contribution < -0.4 is 5.32 Å². The first kappa shape index (κ1) is 33.6. The third-order valence-corrected chi connectivity index (χ3v) is 6.72. The van der Waals surface area contributed by atoms with Crippen LogP contribution in [0.3, 0.4) is 0 Å². The molecule has 0 saturated heterocycles. The van der Waals surface area contributed by atoms with Crippen LogP contribution in [0.1, 0.15) is 62.3 Å². The molecule has 0 fully saturated rings. The van der Waals surface area contributed by atoms with E-state index in [0.29, 0.717) is 12.8 Å². The first-order valence-electron chi connectivity index (χ1n) is 13.5. The number of halogens is 3. The number of nitrogens with one attached hydrogen (secondary N) is 1. The van der Waals surface area contributed by atoms with E-state index in [0.717, 1.165) is 30.2 Å². The molecule has 2 aromatic carbocycles. The van der Waals surface area contributed by atoms with Gasteiger partial charge in [0.05, 0.1) is 6.54 Å². The number of hydrogen-bond donors (Lipinski definition) is 1. The molecule has 0 aliphatic rings. The van der Waals surface area contributed by atoms with Crippen LogP contribution >= 0.6 is 0 Å². The number of alkyl halides is 3. The molecule has 222 valence electrons. The molecule has 0 heterocycles. The summed E-state index contributed by atoms with van der Waals surface area (Å²) in [7, 11) is 0.824. The van der Waals surface area contributed by atoms with Gasteiger partial charge in [0.1, 0.15) is 6.10 Å². The van der Waals surface area contributed by atoms with E-state index in [1.807, 2.05) is 26.0 Å². The van der Waals surface area contributed by atoms with Crippen LogP contribution in [0.5, 0.6) is 0 Å². The van der Waals surface area contributed by atoms with Gasteiger partial charge in [-0.3, -0.25) is 4.79 Å². The standard InChI is InChI=1S/C33H40F3NO4/c1-7-13-27-21-24(3)18-19-30(27)25(4)20-23(2)14-11-12-17-29(22-37-26(5)38)41-31(39)32(40-6,33(34,35)36)28-15-9-8-10-16-28/h7-10,14-16,18-21,29H,1,11-13,17,22H2,2-6H3,(H,37,38)/b23-14+,25-20-/t29-,32-/m0/s1. The highest BCUT2D eigenvalue weighted by Crippen LogP contribution is 2.43. The normalized spacial score (nSPS) is 14.6. The molecular weight excluding hydrogens is 531 g/mol. The summed E-state index contributed by atoms with van der Waals surface area (Å²) in [5.41, 5.74) is 1.99. The van der Waals surface area contributed by atoms with Gasteiger partial charge in [-0.15, -0.1) is 6.58 Å². The third kappa shape index (κ3) is 9.18. The minimum Gasteiger partial charge on any atom is -0.458 e. The summed E-state index contributed by atoms with van der Waals surface area (Å²) in [4.78, 5) is 24.6. The predicted octanol–water partition coefficient (Wildman–Crippen LogP) is 7.40. The van der Waals surface area contributed by atoms with Gasteiger partial charge in [-0.25, -0.2) is 4.79 Å². The minimum absolute atomic E-state index is 0.116. The van der Waals surface area contributed by atoms with Crippen molar-refractivity contribution < 1.29 is 32.2 Å². The molecule has 2 atom stereocenters. The lowest BCUT2D eigenvalue weighted by molar-refractivity contribution is -0.278. The number of benzene rings is 2. The Kier molecular flexibility index (Phi) is 12.6. The number of rotatable bonds is 14. The summed E-state index contributed by atoms with van der Waals surface area (Å²) in [5.74, 6) is -1.96. The molecule has 0 saturated carbocycles. The molecule has 0 bridgehead atoms. The van der Waals surface area contributed by atoms with Crippen molar-refractivity contribution in [2.45, 2.75) is 71.3 Å². The lowest BCUT2D eigenvalue weighted by atomic mass is 9.92. The van der Waals surface area contributed by atoms with E-state index in [9.17, 15) is 22.8 Å².